The molecule has 1 saturated heterocycles. The van der Waals surface area contributed by atoms with Crippen molar-refractivity contribution in [1.29, 1.82) is 0 Å². The molecule has 3 aromatic heterocycles. The summed E-state index contributed by atoms with van der Waals surface area (Å²) >= 11 is 1.67. The number of anilines is 2. The lowest BCUT2D eigenvalue weighted by Gasteiger charge is -2.32. The fourth-order valence-electron chi connectivity index (χ4n) is 4.09. The van der Waals surface area contributed by atoms with Crippen LogP contribution in [0, 0.1) is 0 Å². The van der Waals surface area contributed by atoms with Crippen LogP contribution in [0.2, 0.25) is 0 Å². The number of aromatic nitrogens is 4. The molecule has 4 heterocycles. The van der Waals surface area contributed by atoms with E-state index < -0.39 is 0 Å². The molecule has 2 N–H and O–H groups in total. The van der Waals surface area contributed by atoms with Gasteiger partial charge in [-0.3, -0.25) is 9.47 Å². The van der Waals surface area contributed by atoms with Gasteiger partial charge >= 0.3 is 0 Å². The Hall–Kier alpha value is -2.97. The van der Waals surface area contributed by atoms with E-state index in [1.54, 1.807) is 11.3 Å². The number of hydrogen-bond acceptors (Lipinski definition) is 7. The van der Waals surface area contributed by atoms with Crippen LogP contribution < -0.4 is 10.6 Å². The molecule has 1 fully saturated rings. The SMILES string of the molecule is CCNc1nc(NC2CCN(Cc3ccccc3)CC2)c2ncn(-c3ccsc3)c2n1. The van der Waals surface area contributed by atoms with E-state index in [1.807, 2.05) is 10.9 Å². The molecular formula is C23H27N7S. The maximum Gasteiger partial charge on any atom is 0.226 e. The molecule has 8 heteroatoms. The highest BCUT2D eigenvalue weighted by Crippen LogP contribution is 2.26. The van der Waals surface area contributed by atoms with E-state index in [2.05, 4.69) is 74.6 Å². The van der Waals surface area contributed by atoms with Crippen LogP contribution in [0.1, 0.15) is 25.3 Å². The number of hydrogen-bond donors (Lipinski definition) is 2. The lowest BCUT2D eigenvalue weighted by atomic mass is 10.0. The van der Waals surface area contributed by atoms with E-state index in [1.165, 1.54) is 5.56 Å². The third-order valence-electron chi connectivity index (χ3n) is 5.69. The summed E-state index contributed by atoms with van der Waals surface area (Å²) in [6, 6.07) is 13.2. The Kier molecular flexibility index (Phi) is 5.82. The summed E-state index contributed by atoms with van der Waals surface area (Å²) in [5, 5.41) is 11.1. The Morgan fingerprint density at radius 2 is 1.94 bits per heavy atom. The Labute approximate surface area is 186 Å². The molecule has 4 aromatic rings. The largest absolute Gasteiger partial charge is 0.365 e. The number of benzene rings is 1. The molecule has 7 nitrogen and oxygen atoms in total. The summed E-state index contributed by atoms with van der Waals surface area (Å²) in [6.45, 7) is 5.99. The first-order valence-electron chi connectivity index (χ1n) is 10.8. The minimum atomic E-state index is 0.380. The topological polar surface area (TPSA) is 70.9 Å². The van der Waals surface area contributed by atoms with Crippen LogP contribution >= 0.6 is 11.3 Å². The number of rotatable bonds is 7. The molecule has 0 aliphatic carbocycles. The van der Waals surface area contributed by atoms with Crippen LogP contribution in [0.15, 0.2) is 53.5 Å². The van der Waals surface area contributed by atoms with Gasteiger partial charge in [-0.2, -0.15) is 21.3 Å². The minimum absolute atomic E-state index is 0.380. The predicted molar refractivity (Wildman–Crippen MR) is 127 cm³/mol. The zero-order valence-electron chi connectivity index (χ0n) is 17.7. The highest BCUT2D eigenvalue weighted by atomic mass is 32.1. The van der Waals surface area contributed by atoms with E-state index in [9.17, 15) is 0 Å². The molecule has 0 saturated carbocycles. The van der Waals surface area contributed by atoms with E-state index >= 15 is 0 Å². The first-order valence-corrected chi connectivity index (χ1v) is 11.8. The fraction of sp³-hybridized carbons (Fsp3) is 0.348. The fourth-order valence-corrected chi connectivity index (χ4v) is 4.72. The molecule has 1 aromatic carbocycles. The number of thiophene rings is 1. The smallest absolute Gasteiger partial charge is 0.226 e. The zero-order valence-corrected chi connectivity index (χ0v) is 18.5. The molecule has 1 aliphatic heterocycles. The average Bonchev–Trinajstić information content (AvgIpc) is 3.46. The van der Waals surface area contributed by atoms with Gasteiger partial charge in [-0.05, 0) is 36.8 Å². The van der Waals surface area contributed by atoms with Crippen LogP contribution in [0.3, 0.4) is 0 Å². The van der Waals surface area contributed by atoms with Crippen molar-refractivity contribution in [3.8, 4) is 5.69 Å². The number of nitrogens with one attached hydrogen (secondary N) is 2. The van der Waals surface area contributed by atoms with Crippen molar-refractivity contribution in [2.75, 3.05) is 30.3 Å². The first-order chi connectivity index (χ1) is 15.3. The molecule has 0 amide bonds. The molecule has 1 aliphatic rings. The first kappa shape index (κ1) is 20.0. The minimum Gasteiger partial charge on any atom is -0.365 e. The molecule has 160 valence electrons. The van der Waals surface area contributed by atoms with Gasteiger partial charge in [0.1, 0.15) is 6.33 Å². The molecule has 0 atom stereocenters. The average molecular weight is 434 g/mol. The van der Waals surface area contributed by atoms with Crippen LogP contribution in [-0.4, -0.2) is 50.1 Å². The number of nitrogens with zero attached hydrogens (tertiary/aromatic N) is 5. The molecule has 0 spiro atoms. The summed E-state index contributed by atoms with van der Waals surface area (Å²) in [5.41, 5.74) is 4.10. The monoisotopic (exact) mass is 433 g/mol. The highest BCUT2D eigenvalue weighted by Gasteiger charge is 2.22. The van der Waals surface area contributed by atoms with Gasteiger partial charge in [0.2, 0.25) is 5.95 Å². The van der Waals surface area contributed by atoms with Gasteiger partial charge in [0.25, 0.3) is 0 Å². The maximum absolute atomic E-state index is 4.75. The molecule has 0 unspecified atom stereocenters. The summed E-state index contributed by atoms with van der Waals surface area (Å²) in [6.07, 6.45) is 4.00. The van der Waals surface area contributed by atoms with Gasteiger partial charge in [-0.15, -0.1) is 0 Å². The van der Waals surface area contributed by atoms with Gasteiger partial charge in [0.15, 0.2) is 17.0 Å². The molecule has 0 radical (unpaired) electrons. The standard InChI is InChI=1S/C23H27N7S/c1-2-24-23-27-21(20-22(28-23)30(16-25-20)19-10-13-31-15-19)26-18-8-11-29(12-9-18)14-17-6-4-3-5-7-17/h3-7,10,13,15-16,18H,2,8-9,11-12,14H2,1H3,(H2,24,26,27,28). The second-order valence-electron chi connectivity index (χ2n) is 7.87. The van der Waals surface area contributed by atoms with Crippen molar-refractivity contribution in [3.05, 3.63) is 59.0 Å². The lowest BCUT2D eigenvalue weighted by molar-refractivity contribution is 0.211. The third kappa shape index (κ3) is 4.40. The van der Waals surface area contributed by atoms with Crippen molar-refractivity contribution < 1.29 is 0 Å². The number of likely N-dealkylation sites (tertiary alicyclic amines) is 1. The summed E-state index contributed by atoms with van der Waals surface area (Å²) in [5.74, 6) is 1.45. The predicted octanol–water partition coefficient (Wildman–Crippen LogP) is 4.39. The second-order valence-corrected chi connectivity index (χ2v) is 8.65. The molecule has 31 heavy (non-hydrogen) atoms. The lowest BCUT2D eigenvalue weighted by Crippen LogP contribution is -2.38. The molecule has 0 bridgehead atoms. The van der Waals surface area contributed by atoms with Crippen molar-refractivity contribution in [2.24, 2.45) is 0 Å². The van der Waals surface area contributed by atoms with Crippen molar-refractivity contribution in [1.82, 2.24) is 24.4 Å². The third-order valence-corrected chi connectivity index (χ3v) is 6.36. The number of imidazole rings is 1. The van der Waals surface area contributed by atoms with Crippen LogP contribution in [0.4, 0.5) is 11.8 Å². The van der Waals surface area contributed by atoms with Gasteiger partial charge in [0.05, 0.1) is 5.69 Å². The van der Waals surface area contributed by atoms with Gasteiger partial charge < -0.3 is 10.6 Å². The molecule has 5 rings (SSSR count). The maximum atomic E-state index is 4.75. The van der Waals surface area contributed by atoms with Gasteiger partial charge in [0, 0.05) is 37.6 Å². The van der Waals surface area contributed by atoms with E-state index in [0.29, 0.717) is 12.0 Å². The summed E-state index contributed by atoms with van der Waals surface area (Å²) < 4.78 is 2.03. The quantitative estimate of drug-likeness (QED) is 0.451. The Bertz CT molecular complexity index is 1120. The molecular weight excluding hydrogens is 406 g/mol. The number of piperidine rings is 1. The van der Waals surface area contributed by atoms with Crippen LogP contribution in [-0.2, 0) is 6.54 Å². The zero-order chi connectivity index (χ0) is 21.0. The van der Waals surface area contributed by atoms with Gasteiger partial charge in [-0.25, -0.2) is 4.98 Å². The number of fused-ring (bicyclic) bond motifs is 1. The van der Waals surface area contributed by atoms with E-state index in [0.717, 1.165) is 61.7 Å². The highest BCUT2D eigenvalue weighted by molar-refractivity contribution is 7.08. The normalized spacial score (nSPS) is 15.4. The summed E-state index contributed by atoms with van der Waals surface area (Å²) in [4.78, 5) is 16.7. The van der Waals surface area contributed by atoms with E-state index in [4.69, 9.17) is 9.97 Å². The van der Waals surface area contributed by atoms with Crippen molar-refractivity contribution in [2.45, 2.75) is 32.4 Å². The van der Waals surface area contributed by atoms with Crippen molar-refractivity contribution >= 4 is 34.3 Å². The Balaban J connectivity index is 1.33. The van der Waals surface area contributed by atoms with E-state index in [-0.39, 0.29) is 0 Å². The van der Waals surface area contributed by atoms with Crippen LogP contribution in [0.25, 0.3) is 16.9 Å². The van der Waals surface area contributed by atoms with Crippen molar-refractivity contribution in [3.63, 3.8) is 0 Å². The van der Waals surface area contributed by atoms with Gasteiger partial charge in [-0.1, -0.05) is 30.3 Å². The summed E-state index contributed by atoms with van der Waals surface area (Å²) in [7, 11) is 0. The Morgan fingerprint density at radius 1 is 1.10 bits per heavy atom. The van der Waals surface area contributed by atoms with Crippen LogP contribution in [0.5, 0.6) is 0 Å². The second kappa shape index (κ2) is 9.03. The Morgan fingerprint density at radius 3 is 2.68 bits per heavy atom.